The van der Waals surface area contributed by atoms with Crippen LogP contribution < -0.4 is 0 Å². The minimum Gasteiger partial charge on any atom is -0.472 e. The van der Waals surface area contributed by atoms with E-state index in [4.69, 9.17) is 4.42 Å². The first-order valence-corrected chi connectivity index (χ1v) is 3.55. The smallest absolute Gasteiger partial charge is 0.0964 e. The van der Waals surface area contributed by atoms with Gasteiger partial charge in [-0.1, -0.05) is 0 Å². The van der Waals surface area contributed by atoms with E-state index in [-0.39, 0.29) is 0 Å². The second-order valence-electron chi connectivity index (χ2n) is 2.63. The summed E-state index contributed by atoms with van der Waals surface area (Å²) < 4.78 is 4.85. The zero-order valence-electron chi connectivity index (χ0n) is 6.61. The van der Waals surface area contributed by atoms with Crippen molar-refractivity contribution in [3.8, 4) is 0 Å². The van der Waals surface area contributed by atoms with E-state index in [1.54, 1.807) is 13.8 Å². The van der Waals surface area contributed by atoms with Crippen molar-refractivity contribution in [3.05, 3.63) is 23.7 Å². The fourth-order valence-electron chi connectivity index (χ4n) is 0.996. The standard InChI is InChI=1S/C8H12O3/c1-5(9)7-3-11-4-8(7)6(2)10/h3-6,9-10H,1-2H3. The first-order valence-electron chi connectivity index (χ1n) is 3.55. The summed E-state index contributed by atoms with van der Waals surface area (Å²) >= 11 is 0. The van der Waals surface area contributed by atoms with Crippen LogP contribution in [-0.2, 0) is 0 Å². The molecule has 0 aliphatic carbocycles. The van der Waals surface area contributed by atoms with Crippen LogP contribution in [0.2, 0.25) is 0 Å². The molecular formula is C8H12O3. The molecule has 0 fully saturated rings. The van der Waals surface area contributed by atoms with Gasteiger partial charge in [0.15, 0.2) is 0 Å². The number of furan rings is 1. The topological polar surface area (TPSA) is 53.6 Å². The van der Waals surface area contributed by atoms with Crippen LogP contribution in [0.3, 0.4) is 0 Å². The summed E-state index contributed by atoms with van der Waals surface area (Å²) in [4.78, 5) is 0. The largest absolute Gasteiger partial charge is 0.472 e. The van der Waals surface area contributed by atoms with Gasteiger partial charge in [-0.15, -0.1) is 0 Å². The molecule has 0 aliphatic heterocycles. The summed E-state index contributed by atoms with van der Waals surface area (Å²) in [6.45, 7) is 3.27. The number of hydrogen-bond donors (Lipinski definition) is 2. The molecule has 11 heavy (non-hydrogen) atoms. The van der Waals surface area contributed by atoms with Gasteiger partial charge in [-0.05, 0) is 13.8 Å². The molecule has 0 aliphatic rings. The van der Waals surface area contributed by atoms with E-state index in [0.29, 0.717) is 11.1 Å². The first kappa shape index (κ1) is 8.30. The normalized spacial score (nSPS) is 16.4. The Bertz CT molecular complexity index is 202. The van der Waals surface area contributed by atoms with Crippen LogP contribution in [0.15, 0.2) is 16.9 Å². The molecule has 3 heteroatoms. The quantitative estimate of drug-likeness (QED) is 0.680. The van der Waals surface area contributed by atoms with Gasteiger partial charge in [0.25, 0.3) is 0 Å². The van der Waals surface area contributed by atoms with Crippen molar-refractivity contribution in [3.63, 3.8) is 0 Å². The Hall–Kier alpha value is -0.800. The maximum absolute atomic E-state index is 9.17. The molecule has 1 aromatic rings. The molecule has 2 atom stereocenters. The Balaban J connectivity index is 2.96. The average Bonchev–Trinajstić information content (AvgIpc) is 2.32. The minimum atomic E-state index is -0.585. The summed E-state index contributed by atoms with van der Waals surface area (Å²) in [6.07, 6.45) is 1.73. The molecule has 0 amide bonds. The van der Waals surface area contributed by atoms with E-state index in [0.717, 1.165) is 0 Å². The van der Waals surface area contributed by atoms with Gasteiger partial charge >= 0.3 is 0 Å². The lowest BCUT2D eigenvalue weighted by Gasteiger charge is -2.06. The Morgan fingerprint density at radius 2 is 1.45 bits per heavy atom. The SMILES string of the molecule is CC(O)c1cocc1C(C)O. The van der Waals surface area contributed by atoms with Gasteiger partial charge in [-0.25, -0.2) is 0 Å². The fraction of sp³-hybridized carbons (Fsp3) is 0.500. The lowest BCUT2D eigenvalue weighted by atomic mass is 10.1. The molecule has 0 radical (unpaired) electrons. The van der Waals surface area contributed by atoms with Crippen molar-refractivity contribution < 1.29 is 14.6 Å². The van der Waals surface area contributed by atoms with Gasteiger partial charge in [0.2, 0.25) is 0 Å². The summed E-state index contributed by atoms with van der Waals surface area (Å²) in [5.74, 6) is 0. The van der Waals surface area contributed by atoms with Crippen molar-refractivity contribution in [1.82, 2.24) is 0 Å². The van der Waals surface area contributed by atoms with E-state index >= 15 is 0 Å². The van der Waals surface area contributed by atoms with E-state index in [2.05, 4.69) is 0 Å². The van der Waals surface area contributed by atoms with E-state index < -0.39 is 12.2 Å². The van der Waals surface area contributed by atoms with E-state index in [1.807, 2.05) is 0 Å². The highest BCUT2D eigenvalue weighted by atomic mass is 16.3. The van der Waals surface area contributed by atoms with Gasteiger partial charge in [-0.2, -0.15) is 0 Å². The van der Waals surface area contributed by atoms with E-state index in [1.165, 1.54) is 12.5 Å². The summed E-state index contributed by atoms with van der Waals surface area (Å²) in [6, 6.07) is 0. The molecule has 0 saturated heterocycles. The zero-order chi connectivity index (χ0) is 8.43. The third kappa shape index (κ3) is 1.61. The van der Waals surface area contributed by atoms with Gasteiger partial charge in [0.05, 0.1) is 24.7 Å². The van der Waals surface area contributed by atoms with Crippen molar-refractivity contribution in [2.75, 3.05) is 0 Å². The van der Waals surface area contributed by atoms with Crippen LogP contribution in [0, 0.1) is 0 Å². The van der Waals surface area contributed by atoms with Crippen molar-refractivity contribution in [1.29, 1.82) is 0 Å². The number of aliphatic hydroxyl groups excluding tert-OH is 2. The monoisotopic (exact) mass is 156 g/mol. The Labute approximate surface area is 65.3 Å². The van der Waals surface area contributed by atoms with Crippen molar-refractivity contribution in [2.24, 2.45) is 0 Å². The Kier molecular flexibility index (Phi) is 2.31. The lowest BCUT2D eigenvalue weighted by molar-refractivity contribution is 0.176. The maximum Gasteiger partial charge on any atom is 0.0964 e. The van der Waals surface area contributed by atoms with Crippen LogP contribution in [0.4, 0.5) is 0 Å². The highest BCUT2D eigenvalue weighted by Gasteiger charge is 2.13. The molecule has 0 aromatic carbocycles. The molecular weight excluding hydrogens is 144 g/mol. The molecule has 0 bridgehead atoms. The molecule has 1 heterocycles. The van der Waals surface area contributed by atoms with Crippen LogP contribution in [0.25, 0.3) is 0 Å². The number of rotatable bonds is 2. The van der Waals surface area contributed by atoms with Crippen molar-refractivity contribution in [2.45, 2.75) is 26.1 Å². The van der Waals surface area contributed by atoms with Gasteiger partial charge < -0.3 is 14.6 Å². The minimum absolute atomic E-state index is 0.585. The summed E-state index contributed by atoms with van der Waals surface area (Å²) in [5, 5.41) is 18.3. The molecule has 1 aromatic heterocycles. The number of hydrogen-bond acceptors (Lipinski definition) is 3. The predicted molar refractivity (Wildman–Crippen MR) is 40.0 cm³/mol. The van der Waals surface area contributed by atoms with Crippen LogP contribution in [0.1, 0.15) is 37.2 Å². The van der Waals surface area contributed by atoms with Crippen LogP contribution in [-0.4, -0.2) is 10.2 Å². The van der Waals surface area contributed by atoms with Crippen LogP contribution in [0.5, 0.6) is 0 Å². The van der Waals surface area contributed by atoms with Gasteiger partial charge in [0.1, 0.15) is 0 Å². The second kappa shape index (κ2) is 3.07. The first-order chi connectivity index (χ1) is 5.13. The lowest BCUT2D eigenvalue weighted by Crippen LogP contribution is -1.97. The molecule has 1 rings (SSSR count). The van der Waals surface area contributed by atoms with Crippen molar-refractivity contribution >= 4 is 0 Å². The van der Waals surface area contributed by atoms with Crippen LogP contribution >= 0.6 is 0 Å². The average molecular weight is 156 g/mol. The van der Waals surface area contributed by atoms with E-state index in [9.17, 15) is 10.2 Å². The summed E-state index contributed by atoms with van der Waals surface area (Å²) in [5.41, 5.74) is 1.31. The van der Waals surface area contributed by atoms with Gasteiger partial charge in [-0.3, -0.25) is 0 Å². The Morgan fingerprint density at radius 1 is 1.09 bits per heavy atom. The second-order valence-corrected chi connectivity index (χ2v) is 2.63. The number of aliphatic hydroxyl groups is 2. The van der Waals surface area contributed by atoms with Gasteiger partial charge in [0, 0.05) is 11.1 Å². The highest BCUT2D eigenvalue weighted by Crippen LogP contribution is 2.24. The maximum atomic E-state index is 9.17. The third-order valence-corrected chi connectivity index (χ3v) is 1.62. The highest BCUT2D eigenvalue weighted by molar-refractivity contribution is 5.24. The molecule has 0 saturated carbocycles. The molecule has 2 N–H and O–H groups in total. The molecule has 2 unspecified atom stereocenters. The molecule has 62 valence electrons. The third-order valence-electron chi connectivity index (χ3n) is 1.62. The fourth-order valence-corrected chi connectivity index (χ4v) is 0.996. The summed E-state index contributed by atoms with van der Waals surface area (Å²) in [7, 11) is 0. The predicted octanol–water partition coefficient (Wildman–Crippen LogP) is 1.39. The molecule has 0 spiro atoms. The Morgan fingerprint density at radius 3 is 1.73 bits per heavy atom. The molecule has 3 nitrogen and oxygen atoms in total. The zero-order valence-corrected chi connectivity index (χ0v) is 6.61.